The van der Waals surface area contributed by atoms with E-state index in [0.717, 1.165) is 148 Å². The van der Waals surface area contributed by atoms with Gasteiger partial charge in [-0.15, -0.1) is 0 Å². The smallest absolute Gasteiger partial charge is 0.310 e. The number of hydrogen-bond donors (Lipinski definition) is 2. The maximum Gasteiger partial charge on any atom is 0.310 e. The van der Waals surface area contributed by atoms with Crippen LogP contribution < -0.4 is 5.73 Å². The molecule has 522 valence electrons. The van der Waals surface area contributed by atoms with Crippen molar-refractivity contribution in [2.75, 3.05) is 66.1 Å². The summed E-state index contributed by atoms with van der Waals surface area (Å²) in [4.78, 5) is 28.0. The van der Waals surface area contributed by atoms with Gasteiger partial charge < -0.3 is 44.0 Å². The SMILES string of the molecule is CC(C)[C@@H](C)[C@@]1(C)CC[C@]2(C)[C@H]3CC[C@@H]4[C@@]5(COC[C@]4(C)[C@@H](OCC4(C)CCOCC4)[C@H](C)C5)C3=CC[C@@]2(C)[C@@H]1C(=O)OCc1ccccc1.CC(C)[C@@H](C)[C@@]1(C)CC[C@]2(C)[C@H]3CC[C@@H]4[C@@]5(COC[C@]4(C)[C@@H](OCC4(N)CCOCC4)[C@H](C)C5)C3=CC[C@@]2(C)[C@@H]1C(=O)O. The van der Waals surface area contributed by atoms with Crippen LogP contribution in [0.4, 0.5) is 0 Å². The molecular formula is C82H129NO10. The molecule has 0 unspecified atom stereocenters. The standard InChI is InChI=1S/C45H68O5.C37H61NO5/c1-30(2)32(4)41(6)19-20-43(8)34-15-16-36-42(7)28-48-29-45(36,25-31(3)38(42)50-27-40(5)21-23-47-24-22-40)35(34)17-18-44(43,9)37(41)39(46)49-26-33-13-11-10-12-14-33;1-23(2)25(4)32(5)13-14-34(7)26-9-10-28-33(6)20-42-22-37(28,27(26)11-12-35(34,8)29(32)31(39)40)19-24(3)30(33)43-21-36(38)15-17-41-18-16-36/h10-14,17,30-32,34,36-38H,15-16,18-29H2,1-9H3;11,23-26,28-30H,9-10,12-22,38H2,1-8H3,(H,39,40)/t31-,32-,34+,36+,37-,38+,41-,42+,43-,44+,45+;24-,25-,26+,28+,29-,30+,32-,33+,34-,35+,37+/m11/s1. The minimum atomic E-state index is -0.589. The Balaban J connectivity index is 0.000000181. The number of hydrogen-bond acceptors (Lipinski definition) is 10. The average molecular weight is 1290 g/mol. The third kappa shape index (κ3) is 10.9. The highest BCUT2D eigenvalue weighted by atomic mass is 16.5. The topological polar surface area (TPSA) is 145 Å². The molecule has 0 amide bonds. The second kappa shape index (κ2) is 24.9. The highest BCUT2D eigenvalue weighted by molar-refractivity contribution is 5.75. The molecule has 93 heavy (non-hydrogen) atoms. The second-order valence-electron chi connectivity index (χ2n) is 37.7. The Morgan fingerprint density at radius 3 is 1.45 bits per heavy atom. The normalized spacial score (nSPS) is 46.8. The third-order valence-electron chi connectivity index (χ3n) is 32.3. The van der Waals surface area contributed by atoms with E-state index in [0.29, 0.717) is 72.4 Å². The van der Waals surface area contributed by atoms with E-state index in [1.165, 1.54) is 19.3 Å². The van der Waals surface area contributed by atoms with Crippen LogP contribution in [0.5, 0.6) is 0 Å². The molecule has 0 radical (unpaired) electrons. The maximum absolute atomic E-state index is 14.7. The number of fused-ring (bicyclic) bond motifs is 6. The van der Waals surface area contributed by atoms with Crippen LogP contribution in [0.1, 0.15) is 226 Å². The number of ether oxygens (including phenoxy) is 7. The molecule has 0 spiro atoms. The van der Waals surface area contributed by atoms with E-state index in [9.17, 15) is 14.7 Å². The summed E-state index contributed by atoms with van der Waals surface area (Å²) < 4.78 is 45.0. The van der Waals surface area contributed by atoms with Crippen molar-refractivity contribution < 1.29 is 47.9 Å². The van der Waals surface area contributed by atoms with Gasteiger partial charge in [-0.2, -0.15) is 0 Å². The number of allylic oxidation sites excluding steroid dienone is 2. The summed E-state index contributed by atoms with van der Waals surface area (Å²) in [6.45, 7) is 48.8. The molecule has 22 atom stereocenters. The van der Waals surface area contributed by atoms with Gasteiger partial charge in [0.1, 0.15) is 6.61 Å². The first-order valence-electron chi connectivity index (χ1n) is 37.9. The van der Waals surface area contributed by atoms with Crippen LogP contribution in [0.15, 0.2) is 53.6 Å². The van der Waals surface area contributed by atoms with Crippen molar-refractivity contribution in [2.24, 2.45) is 136 Å². The number of rotatable bonds is 14. The molecular weight excluding hydrogens is 1160 g/mol. The van der Waals surface area contributed by atoms with E-state index in [2.05, 4.69) is 142 Å². The first kappa shape index (κ1) is 70.2. The molecule has 8 aliphatic carbocycles. The Morgan fingerprint density at radius 2 is 0.989 bits per heavy atom. The molecule has 4 aliphatic heterocycles. The molecule has 3 N–H and O–H groups in total. The summed E-state index contributed by atoms with van der Waals surface area (Å²) >= 11 is 0. The van der Waals surface area contributed by atoms with Gasteiger partial charge in [0.25, 0.3) is 0 Å². The van der Waals surface area contributed by atoms with E-state index in [1.807, 2.05) is 18.2 Å². The van der Waals surface area contributed by atoms with E-state index < -0.39 is 5.97 Å². The third-order valence-corrected chi connectivity index (χ3v) is 32.3. The zero-order valence-corrected chi connectivity index (χ0v) is 61.4. The Morgan fingerprint density at radius 1 is 0.548 bits per heavy atom. The van der Waals surface area contributed by atoms with Gasteiger partial charge in [0, 0.05) is 53.6 Å². The van der Waals surface area contributed by atoms with Crippen molar-refractivity contribution in [3.05, 3.63) is 59.2 Å². The number of esters is 1. The highest BCUT2D eigenvalue weighted by Crippen LogP contribution is 2.78. The molecule has 4 heterocycles. The van der Waals surface area contributed by atoms with Crippen LogP contribution in [-0.2, 0) is 49.4 Å². The highest BCUT2D eigenvalue weighted by Gasteiger charge is 2.74. The molecule has 13 rings (SSSR count). The first-order valence-corrected chi connectivity index (χ1v) is 37.9. The summed E-state index contributed by atoms with van der Waals surface area (Å²) in [5.41, 5.74) is 10.2. The minimum Gasteiger partial charge on any atom is -0.481 e. The lowest BCUT2D eigenvalue weighted by Gasteiger charge is -2.71. The van der Waals surface area contributed by atoms with E-state index >= 15 is 0 Å². The Hall–Kier alpha value is -2.64. The fourth-order valence-electron chi connectivity index (χ4n) is 26.0. The van der Waals surface area contributed by atoms with Crippen LogP contribution >= 0.6 is 0 Å². The van der Waals surface area contributed by atoms with Gasteiger partial charge in [0.2, 0.25) is 0 Å². The van der Waals surface area contributed by atoms with Crippen LogP contribution in [0.3, 0.4) is 0 Å². The zero-order chi connectivity index (χ0) is 67.0. The summed E-state index contributed by atoms with van der Waals surface area (Å²) in [5.74, 6) is 3.43. The fraction of sp³-hybridized carbons (Fsp3) is 0.854. The van der Waals surface area contributed by atoms with Crippen LogP contribution in [0.25, 0.3) is 0 Å². The van der Waals surface area contributed by atoms with Gasteiger partial charge in [-0.3, -0.25) is 9.59 Å². The van der Waals surface area contributed by atoms with Gasteiger partial charge in [0.15, 0.2) is 0 Å². The van der Waals surface area contributed by atoms with Crippen molar-refractivity contribution in [3.8, 4) is 0 Å². The van der Waals surface area contributed by atoms with Gasteiger partial charge in [0.05, 0.1) is 63.7 Å². The Kier molecular flexibility index (Phi) is 18.8. The first-order chi connectivity index (χ1) is 43.7. The van der Waals surface area contributed by atoms with E-state index in [-0.39, 0.29) is 95.1 Å². The maximum atomic E-state index is 14.7. The average Bonchev–Trinajstić information content (AvgIpc) is 0.680. The largest absolute Gasteiger partial charge is 0.481 e. The van der Waals surface area contributed by atoms with Crippen LogP contribution in [-0.4, -0.2) is 101 Å². The zero-order valence-electron chi connectivity index (χ0n) is 61.4. The molecule has 12 aliphatic rings. The lowest BCUT2D eigenvalue weighted by Crippen LogP contribution is -2.69. The molecule has 4 bridgehead atoms. The molecule has 0 aromatic heterocycles. The summed E-state index contributed by atoms with van der Waals surface area (Å²) in [5, 5.41) is 10.9. The molecule has 1 aromatic rings. The molecule has 4 saturated heterocycles. The number of nitrogens with two attached hydrogens (primary N) is 1. The second-order valence-corrected chi connectivity index (χ2v) is 37.7. The van der Waals surface area contributed by atoms with Crippen LogP contribution in [0, 0.1) is 131 Å². The number of carbonyl (C=O) groups is 2. The summed E-state index contributed by atoms with van der Waals surface area (Å²) in [6.07, 6.45) is 22.4. The summed E-state index contributed by atoms with van der Waals surface area (Å²) in [7, 11) is 0. The van der Waals surface area contributed by atoms with Crippen LogP contribution in [0.2, 0.25) is 0 Å². The molecule has 6 saturated carbocycles. The molecule has 1 aromatic carbocycles. The minimum absolute atomic E-state index is 0.00548. The number of benzene rings is 1. The van der Waals surface area contributed by atoms with Crippen molar-refractivity contribution in [1.29, 1.82) is 0 Å². The van der Waals surface area contributed by atoms with E-state index in [4.69, 9.17) is 38.9 Å². The lowest BCUT2D eigenvalue weighted by atomic mass is 9.34. The Bertz CT molecular complexity index is 2950. The molecule has 10 fully saturated rings. The monoisotopic (exact) mass is 1290 g/mol. The fourth-order valence-corrected chi connectivity index (χ4v) is 26.0. The molecule has 11 nitrogen and oxygen atoms in total. The quantitative estimate of drug-likeness (QED) is 0.136. The lowest BCUT2D eigenvalue weighted by molar-refractivity contribution is -0.256. The predicted octanol–water partition coefficient (Wildman–Crippen LogP) is 17.2. The van der Waals surface area contributed by atoms with Gasteiger partial charge >= 0.3 is 11.9 Å². The number of carbonyl (C=O) groups excluding carboxylic acids is 1. The van der Waals surface area contributed by atoms with Crippen molar-refractivity contribution >= 4 is 11.9 Å². The summed E-state index contributed by atoms with van der Waals surface area (Å²) in [6, 6.07) is 10.2. The van der Waals surface area contributed by atoms with Gasteiger partial charge in [-0.1, -0.05) is 171 Å². The van der Waals surface area contributed by atoms with Gasteiger partial charge in [-0.05, 0) is 205 Å². The number of aliphatic carboxylic acids is 1. The molecule has 11 heteroatoms. The number of carboxylic acid groups (broad SMARTS) is 1. The van der Waals surface area contributed by atoms with Crippen molar-refractivity contribution in [1.82, 2.24) is 0 Å². The number of carboxylic acids is 1. The van der Waals surface area contributed by atoms with Crippen molar-refractivity contribution in [2.45, 2.75) is 245 Å². The van der Waals surface area contributed by atoms with Gasteiger partial charge in [-0.25, -0.2) is 0 Å². The Labute approximate surface area is 563 Å². The predicted molar refractivity (Wildman–Crippen MR) is 369 cm³/mol. The van der Waals surface area contributed by atoms with Crippen molar-refractivity contribution in [3.63, 3.8) is 0 Å². The van der Waals surface area contributed by atoms with E-state index in [1.54, 1.807) is 11.1 Å².